The fraction of sp³-hybridized carbons (Fsp3) is 0.524. The molecule has 2 N–H and O–H groups in total. The van der Waals surface area contributed by atoms with Gasteiger partial charge in [0.05, 0.1) is 60.3 Å². The maximum Gasteiger partial charge on any atom is 0.256 e. The van der Waals surface area contributed by atoms with Crippen LogP contribution in [-0.4, -0.2) is 150 Å². The van der Waals surface area contributed by atoms with Crippen molar-refractivity contribution in [2.24, 2.45) is 0 Å². The van der Waals surface area contributed by atoms with Gasteiger partial charge in [-0.1, -0.05) is 0 Å². The number of hydrogen-bond acceptors (Lipinski definition) is 12. The Morgan fingerprint density at radius 1 is 0.650 bits per heavy atom. The summed E-state index contributed by atoms with van der Waals surface area (Å²) in [6.45, 7) is 10.9. The lowest BCUT2D eigenvalue weighted by Gasteiger charge is -2.37. The van der Waals surface area contributed by atoms with Gasteiger partial charge in [-0.3, -0.25) is 19.2 Å². The number of anilines is 2. The molecule has 2 unspecified atom stereocenters. The number of hydrogen-bond donors (Lipinski definition) is 2. The van der Waals surface area contributed by atoms with Gasteiger partial charge in [0.2, 0.25) is 10.9 Å². The number of likely N-dealkylation sites (N-methyl/N-ethyl adjacent to an activating group) is 2. The highest BCUT2D eigenvalue weighted by Crippen LogP contribution is 2.43. The largest absolute Gasteiger partial charge is 0.487 e. The molecule has 0 saturated carbocycles. The molecule has 0 aliphatic carbocycles. The van der Waals surface area contributed by atoms with Crippen LogP contribution in [0.25, 0.3) is 21.8 Å². The summed E-state index contributed by atoms with van der Waals surface area (Å²) in [5.74, 6) is -1.64. The van der Waals surface area contributed by atoms with E-state index in [9.17, 15) is 19.2 Å². The third-order valence-electron chi connectivity index (χ3n) is 11.8. The SMILES string of the molecule is CC1COc2c(N3CCN(C)CC3)c(F)cc3c(=O)c(C(=O)NCCOCCOCCNC(=O)c4cn5c6c(c(N7CCN(C)CC7)c(F)cc6c4=O)OCC5C)cn1c23. The Morgan fingerprint density at radius 3 is 1.42 bits per heavy atom. The van der Waals surface area contributed by atoms with E-state index in [1.165, 1.54) is 24.5 Å². The van der Waals surface area contributed by atoms with Gasteiger partial charge in [-0.25, -0.2) is 8.78 Å². The van der Waals surface area contributed by atoms with Gasteiger partial charge in [-0.2, -0.15) is 0 Å². The van der Waals surface area contributed by atoms with E-state index in [1.54, 1.807) is 0 Å². The number of rotatable bonds is 13. The molecule has 0 bridgehead atoms. The quantitative estimate of drug-likeness (QED) is 0.190. The van der Waals surface area contributed by atoms with Crippen LogP contribution < -0.4 is 40.8 Å². The molecular formula is C42H52F2N8O8. The standard InChI is InChI=1S/C42H52F2N8O8/c1-25-23-59-39-33-27(19-31(43)35(39)49-11-7-47(3)8-12-49)37(53)29(21-51(25)33)41(55)45-5-15-57-17-18-58-16-6-46-42(56)30-22-52-26(2)24-60-40-34(52)28(38(30)54)20-32(44)36(40)50-13-9-48(4)10-14-50/h19-22,25-26H,5-18,23-24H2,1-4H3,(H,45,55)(H,46,56). The molecule has 0 radical (unpaired) electrons. The molecule has 16 nitrogen and oxygen atoms in total. The van der Waals surface area contributed by atoms with Gasteiger partial charge in [0.15, 0.2) is 23.1 Å². The van der Waals surface area contributed by atoms with Crippen molar-refractivity contribution in [3.05, 3.63) is 67.7 Å². The van der Waals surface area contributed by atoms with Gasteiger partial charge in [-0.05, 0) is 40.1 Å². The number of benzene rings is 2. The molecule has 4 aromatic rings. The molecule has 0 spiro atoms. The molecule has 4 aliphatic heterocycles. The Morgan fingerprint density at radius 2 is 1.03 bits per heavy atom. The fourth-order valence-corrected chi connectivity index (χ4v) is 8.38. The van der Waals surface area contributed by atoms with Crippen molar-refractivity contribution in [1.29, 1.82) is 0 Å². The van der Waals surface area contributed by atoms with E-state index in [-0.39, 0.29) is 86.7 Å². The van der Waals surface area contributed by atoms with Crippen LogP contribution in [0.5, 0.6) is 11.5 Å². The van der Waals surface area contributed by atoms with E-state index < -0.39 is 34.3 Å². The number of carbonyl (C=O) groups is 2. The summed E-state index contributed by atoms with van der Waals surface area (Å²) in [5, 5.41) is 5.62. The zero-order valence-electron chi connectivity index (χ0n) is 34.5. The second-order valence-electron chi connectivity index (χ2n) is 16.1. The minimum Gasteiger partial charge on any atom is -0.487 e. The van der Waals surface area contributed by atoms with E-state index in [2.05, 4.69) is 20.4 Å². The average molecular weight is 835 g/mol. The van der Waals surface area contributed by atoms with Gasteiger partial charge in [0.25, 0.3) is 11.8 Å². The zero-order chi connectivity index (χ0) is 42.2. The minimum absolute atomic E-state index is 0.0903. The van der Waals surface area contributed by atoms with Crippen molar-refractivity contribution < 1.29 is 37.3 Å². The summed E-state index contributed by atoms with van der Waals surface area (Å²) in [6, 6.07) is 2.05. The molecule has 2 fully saturated rings. The summed E-state index contributed by atoms with van der Waals surface area (Å²) in [7, 11) is 4.04. The zero-order valence-corrected chi connectivity index (χ0v) is 34.5. The molecule has 2 amide bonds. The first-order valence-corrected chi connectivity index (χ1v) is 20.6. The molecule has 2 atom stereocenters. The normalized spacial score (nSPS) is 19.4. The summed E-state index contributed by atoms with van der Waals surface area (Å²) in [6.07, 6.45) is 3.05. The van der Waals surface area contributed by atoms with Gasteiger partial charge >= 0.3 is 0 Å². The van der Waals surface area contributed by atoms with Crippen LogP contribution in [0, 0.1) is 11.6 Å². The maximum absolute atomic E-state index is 15.7. The molecule has 4 aliphatic rings. The number of nitrogens with one attached hydrogen (secondary N) is 2. The number of ether oxygens (including phenoxy) is 4. The minimum atomic E-state index is -0.593. The monoisotopic (exact) mass is 834 g/mol. The first kappa shape index (κ1) is 41.4. The lowest BCUT2D eigenvalue weighted by atomic mass is 10.0. The van der Waals surface area contributed by atoms with Gasteiger partial charge in [-0.15, -0.1) is 0 Å². The Kier molecular flexibility index (Phi) is 12.0. The third-order valence-corrected chi connectivity index (χ3v) is 11.8. The predicted octanol–water partition coefficient (Wildman–Crippen LogP) is 2.20. The molecule has 2 aromatic carbocycles. The number of pyridine rings is 2. The van der Waals surface area contributed by atoms with Gasteiger partial charge < -0.3 is 58.3 Å². The number of nitrogens with zero attached hydrogens (tertiary/aromatic N) is 6. The molecule has 8 rings (SSSR count). The van der Waals surface area contributed by atoms with Crippen LogP contribution in [0.2, 0.25) is 0 Å². The van der Waals surface area contributed by atoms with Crippen LogP contribution in [0.3, 0.4) is 0 Å². The van der Waals surface area contributed by atoms with Crippen molar-refractivity contribution in [2.45, 2.75) is 25.9 Å². The van der Waals surface area contributed by atoms with Crippen LogP contribution in [0.1, 0.15) is 46.6 Å². The van der Waals surface area contributed by atoms with E-state index in [0.29, 0.717) is 60.1 Å². The van der Waals surface area contributed by atoms with Crippen LogP contribution in [-0.2, 0) is 9.47 Å². The average Bonchev–Trinajstić information content (AvgIpc) is 3.23. The molecule has 2 saturated heterocycles. The Hall–Kier alpha value is -5.30. The number of carbonyl (C=O) groups excluding carboxylic acids is 2. The van der Waals surface area contributed by atoms with E-state index in [1.807, 2.05) is 46.9 Å². The number of aromatic nitrogens is 2. The van der Waals surface area contributed by atoms with Crippen molar-refractivity contribution in [1.82, 2.24) is 29.6 Å². The molecule has 60 heavy (non-hydrogen) atoms. The van der Waals surface area contributed by atoms with Crippen LogP contribution in [0.15, 0.2) is 34.1 Å². The summed E-state index contributed by atoms with van der Waals surface area (Å²) < 4.78 is 58.3. The third kappa shape index (κ3) is 7.88. The van der Waals surface area contributed by atoms with E-state index in [4.69, 9.17) is 18.9 Å². The highest BCUT2D eigenvalue weighted by Gasteiger charge is 2.33. The number of halogens is 2. The lowest BCUT2D eigenvalue weighted by molar-refractivity contribution is 0.0486. The molecule has 322 valence electrons. The van der Waals surface area contributed by atoms with Crippen molar-refractivity contribution >= 4 is 45.0 Å². The summed E-state index contributed by atoms with van der Waals surface area (Å²) in [5.41, 5.74) is 0.310. The van der Waals surface area contributed by atoms with E-state index in [0.717, 1.165) is 26.2 Å². The number of amides is 2. The van der Waals surface area contributed by atoms with Crippen molar-refractivity contribution in [3.63, 3.8) is 0 Å². The summed E-state index contributed by atoms with van der Waals surface area (Å²) in [4.78, 5) is 61.8. The second-order valence-corrected chi connectivity index (χ2v) is 16.1. The Bertz CT molecular complexity index is 2260. The second kappa shape index (κ2) is 17.4. The fourth-order valence-electron chi connectivity index (χ4n) is 8.38. The maximum atomic E-state index is 15.7. The summed E-state index contributed by atoms with van der Waals surface area (Å²) >= 11 is 0. The highest BCUT2D eigenvalue weighted by atomic mass is 19.1. The topological polar surface area (TPSA) is 152 Å². The van der Waals surface area contributed by atoms with E-state index >= 15 is 8.78 Å². The smallest absolute Gasteiger partial charge is 0.256 e. The van der Waals surface area contributed by atoms with Crippen molar-refractivity contribution in [3.8, 4) is 11.5 Å². The first-order valence-electron chi connectivity index (χ1n) is 20.6. The predicted molar refractivity (Wildman–Crippen MR) is 222 cm³/mol. The van der Waals surface area contributed by atoms with Gasteiger partial charge in [0, 0.05) is 77.8 Å². The van der Waals surface area contributed by atoms with Gasteiger partial charge in [0.1, 0.15) is 35.7 Å². The first-order chi connectivity index (χ1) is 28.9. The number of piperazine rings is 2. The highest BCUT2D eigenvalue weighted by molar-refractivity contribution is 6.01. The van der Waals surface area contributed by atoms with Crippen molar-refractivity contribution in [2.75, 3.05) is 129 Å². The van der Waals surface area contributed by atoms with Crippen LogP contribution in [0.4, 0.5) is 20.2 Å². The molecule has 18 heteroatoms. The van der Waals surface area contributed by atoms with Crippen LogP contribution >= 0.6 is 0 Å². The Balaban J connectivity index is 0.812. The molecular weight excluding hydrogens is 783 g/mol. The lowest BCUT2D eigenvalue weighted by Crippen LogP contribution is -2.45. The molecule has 2 aromatic heterocycles. The molecule has 6 heterocycles. The Labute approximate surface area is 345 Å².